The van der Waals surface area contributed by atoms with E-state index >= 15 is 0 Å². The molecule has 1 aliphatic heterocycles. The maximum absolute atomic E-state index is 5.11. The molecular formula is C4H10O3Si. The van der Waals surface area contributed by atoms with Crippen LogP contribution in [0.5, 0.6) is 0 Å². The zero-order valence-corrected chi connectivity index (χ0v) is 6.92. The van der Waals surface area contributed by atoms with Gasteiger partial charge in [-0.25, -0.2) is 0 Å². The minimum Gasteiger partial charge on any atom is -0.402 e. The summed E-state index contributed by atoms with van der Waals surface area (Å²) in [5, 5.41) is 0. The fourth-order valence-electron chi connectivity index (χ4n) is 0.602. The number of rotatable bonds is 1. The monoisotopic (exact) mass is 134 g/mol. The van der Waals surface area contributed by atoms with Crippen LogP contribution in [0.1, 0.15) is 0 Å². The van der Waals surface area contributed by atoms with Crippen molar-refractivity contribution >= 4 is 10.5 Å². The highest BCUT2D eigenvalue weighted by Gasteiger charge is 2.10. The molecule has 3 nitrogen and oxygen atoms in total. The Balaban J connectivity index is 2.13. The van der Waals surface area contributed by atoms with Gasteiger partial charge in [0.15, 0.2) is 6.29 Å². The highest BCUT2D eigenvalue weighted by atomic mass is 28.2. The summed E-state index contributed by atoms with van der Waals surface area (Å²) in [5.74, 6) is 0. The Morgan fingerprint density at radius 3 is 2.75 bits per heavy atom. The van der Waals surface area contributed by atoms with E-state index in [9.17, 15) is 0 Å². The van der Waals surface area contributed by atoms with Crippen molar-refractivity contribution in [2.24, 2.45) is 0 Å². The van der Waals surface area contributed by atoms with Gasteiger partial charge in [-0.05, 0) is 0 Å². The maximum Gasteiger partial charge on any atom is 0.170 e. The Morgan fingerprint density at radius 1 is 1.50 bits per heavy atom. The molecule has 1 atom stereocenters. The molecular weight excluding hydrogens is 124 g/mol. The van der Waals surface area contributed by atoms with Gasteiger partial charge in [0.05, 0.1) is 19.8 Å². The van der Waals surface area contributed by atoms with Gasteiger partial charge in [-0.1, -0.05) is 0 Å². The van der Waals surface area contributed by atoms with Crippen LogP contribution < -0.4 is 0 Å². The van der Waals surface area contributed by atoms with Crippen LogP contribution in [0.3, 0.4) is 0 Å². The van der Waals surface area contributed by atoms with E-state index in [1.807, 2.05) is 0 Å². The Hall–Kier alpha value is 0.0969. The Labute approximate surface area is 51.5 Å². The SMILES string of the molecule is [SiH3]OC1COCCO1. The van der Waals surface area contributed by atoms with Gasteiger partial charge in [0.25, 0.3) is 0 Å². The third kappa shape index (κ3) is 1.55. The van der Waals surface area contributed by atoms with Gasteiger partial charge in [0.1, 0.15) is 10.5 Å². The Bertz CT molecular complexity index is 62.3. The molecule has 1 aliphatic rings. The largest absolute Gasteiger partial charge is 0.402 e. The number of ether oxygens (including phenoxy) is 2. The molecule has 0 amide bonds. The zero-order chi connectivity index (χ0) is 5.82. The van der Waals surface area contributed by atoms with Gasteiger partial charge < -0.3 is 13.9 Å². The van der Waals surface area contributed by atoms with Gasteiger partial charge in [-0.15, -0.1) is 0 Å². The van der Waals surface area contributed by atoms with Crippen LogP contribution in [0.15, 0.2) is 0 Å². The van der Waals surface area contributed by atoms with Crippen LogP contribution in [0.2, 0.25) is 0 Å². The molecule has 0 aliphatic carbocycles. The molecule has 1 unspecified atom stereocenters. The normalized spacial score (nSPS) is 30.8. The van der Waals surface area contributed by atoms with Crippen LogP contribution >= 0.6 is 0 Å². The van der Waals surface area contributed by atoms with E-state index < -0.39 is 0 Å². The summed E-state index contributed by atoms with van der Waals surface area (Å²) in [5.41, 5.74) is 0. The molecule has 0 spiro atoms. The fraction of sp³-hybridized carbons (Fsp3) is 1.00. The van der Waals surface area contributed by atoms with Crippen molar-refractivity contribution in [1.29, 1.82) is 0 Å². The molecule has 1 saturated heterocycles. The van der Waals surface area contributed by atoms with E-state index in [2.05, 4.69) is 0 Å². The summed E-state index contributed by atoms with van der Waals surface area (Å²) in [7, 11) is 0.725. The quantitative estimate of drug-likeness (QED) is 0.415. The van der Waals surface area contributed by atoms with Crippen molar-refractivity contribution in [3.05, 3.63) is 0 Å². The van der Waals surface area contributed by atoms with Crippen molar-refractivity contribution in [2.75, 3.05) is 19.8 Å². The third-order valence-corrected chi connectivity index (χ3v) is 1.57. The van der Waals surface area contributed by atoms with Crippen molar-refractivity contribution in [3.8, 4) is 0 Å². The van der Waals surface area contributed by atoms with Crippen LogP contribution in [-0.2, 0) is 13.9 Å². The Kier molecular flexibility index (Phi) is 2.48. The molecule has 0 radical (unpaired) electrons. The van der Waals surface area contributed by atoms with Crippen LogP contribution in [0, 0.1) is 0 Å². The molecule has 4 heteroatoms. The van der Waals surface area contributed by atoms with E-state index in [0.29, 0.717) is 19.8 Å². The van der Waals surface area contributed by atoms with Crippen molar-refractivity contribution in [1.82, 2.24) is 0 Å². The molecule has 0 saturated carbocycles. The summed E-state index contributed by atoms with van der Waals surface area (Å²) in [6.45, 7) is 1.98. The van der Waals surface area contributed by atoms with Gasteiger partial charge >= 0.3 is 0 Å². The molecule has 0 N–H and O–H groups in total. The average Bonchev–Trinajstić information content (AvgIpc) is 1.90. The second kappa shape index (κ2) is 3.19. The van der Waals surface area contributed by atoms with E-state index in [0.717, 1.165) is 10.5 Å². The van der Waals surface area contributed by atoms with E-state index in [-0.39, 0.29) is 6.29 Å². The minimum absolute atomic E-state index is 0.0737. The second-order valence-electron chi connectivity index (χ2n) is 1.61. The predicted octanol–water partition coefficient (Wildman–Crippen LogP) is -1.34. The lowest BCUT2D eigenvalue weighted by Gasteiger charge is -2.21. The predicted molar refractivity (Wildman–Crippen MR) is 31.6 cm³/mol. The van der Waals surface area contributed by atoms with Crippen molar-refractivity contribution in [2.45, 2.75) is 6.29 Å². The molecule has 1 rings (SSSR count). The van der Waals surface area contributed by atoms with Gasteiger partial charge in [-0.2, -0.15) is 0 Å². The van der Waals surface area contributed by atoms with Gasteiger partial charge in [0, 0.05) is 0 Å². The first-order valence-corrected chi connectivity index (χ1v) is 3.47. The first kappa shape index (κ1) is 6.22. The average molecular weight is 134 g/mol. The van der Waals surface area contributed by atoms with E-state index in [1.165, 1.54) is 0 Å². The van der Waals surface area contributed by atoms with Crippen LogP contribution in [-0.4, -0.2) is 36.6 Å². The van der Waals surface area contributed by atoms with Gasteiger partial charge in [-0.3, -0.25) is 0 Å². The number of hydrogen-bond acceptors (Lipinski definition) is 3. The summed E-state index contributed by atoms with van der Waals surface area (Å²) in [6.07, 6.45) is -0.0737. The summed E-state index contributed by atoms with van der Waals surface area (Å²) in [6, 6.07) is 0. The lowest BCUT2D eigenvalue weighted by molar-refractivity contribution is -0.169. The van der Waals surface area contributed by atoms with E-state index in [1.54, 1.807) is 0 Å². The zero-order valence-electron chi connectivity index (χ0n) is 4.92. The molecule has 0 aromatic rings. The van der Waals surface area contributed by atoms with Crippen LogP contribution in [0.25, 0.3) is 0 Å². The first-order chi connectivity index (χ1) is 3.93. The molecule has 0 aromatic carbocycles. The fourth-order valence-corrected chi connectivity index (χ4v) is 0.874. The van der Waals surface area contributed by atoms with Crippen molar-refractivity contribution in [3.63, 3.8) is 0 Å². The molecule has 0 bridgehead atoms. The summed E-state index contributed by atoms with van der Waals surface area (Å²) in [4.78, 5) is 0. The highest BCUT2D eigenvalue weighted by Crippen LogP contribution is 1.98. The van der Waals surface area contributed by atoms with Crippen molar-refractivity contribution < 1.29 is 13.9 Å². The third-order valence-electron chi connectivity index (χ3n) is 1.05. The lowest BCUT2D eigenvalue weighted by Crippen LogP contribution is -2.30. The molecule has 1 heterocycles. The highest BCUT2D eigenvalue weighted by molar-refractivity contribution is 5.98. The van der Waals surface area contributed by atoms with E-state index in [4.69, 9.17) is 13.9 Å². The van der Waals surface area contributed by atoms with Crippen LogP contribution in [0.4, 0.5) is 0 Å². The maximum atomic E-state index is 5.11. The summed E-state index contributed by atoms with van der Waals surface area (Å²) >= 11 is 0. The molecule has 8 heavy (non-hydrogen) atoms. The lowest BCUT2D eigenvalue weighted by atomic mass is 10.6. The summed E-state index contributed by atoms with van der Waals surface area (Å²) < 4.78 is 15.1. The topological polar surface area (TPSA) is 27.7 Å². The number of hydrogen-bond donors (Lipinski definition) is 0. The molecule has 1 fully saturated rings. The molecule has 48 valence electrons. The minimum atomic E-state index is -0.0737. The smallest absolute Gasteiger partial charge is 0.170 e. The Morgan fingerprint density at radius 2 is 2.38 bits per heavy atom. The molecule has 0 aromatic heterocycles. The standard InChI is InChI=1S/C4H10O3Si/c8-7-4-3-5-1-2-6-4/h4H,1-3H2,8H3. The first-order valence-electron chi connectivity index (χ1n) is 2.65. The second-order valence-corrected chi connectivity index (χ2v) is 2.08. The van der Waals surface area contributed by atoms with Gasteiger partial charge in [0.2, 0.25) is 0 Å².